The molecule has 2 saturated heterocycles. The van der Waals surface area contributed by atoms with Gasteiger partial charge >= 0.3 is 6.18 Å². The van der Waals surface area contributed by atoms with Crippen molar-refractivity contribution < 1.29 is 22.4 Å². The Bertz CT molecular complexity index is 928. The van der Waals surface area contributed by atoms with Gasteiger partial charge in [-0.25, -0.2) is 4.39 Å². The van der Waals surface area contributed by atoms with Gasteiger partial charge in [0.2, 0.25) is 5.91 Å². The molecule has 2 fully saturated rings. The molecule has 0 radical (unpaired) electrons. The van der Waals surface area contributed by atoms with Crippen molar-refractivity contribution in [3.05, 3.63) is 48.0 Å². The van der Waals surface area contributed by atoms with E-state index in [-0.39, 0.29) is 23.3 Å². The molecule has 30 heavy (non-hydrogen) atoms. The van der Waals surface area contributed by atoms with Crippen LogP contribution in [-0.4, -0.2) is 44.9 Å². The lowest BCUT2D eigenvalue weighted by atomic mass is 9.81. The van der Waals surface area contributed by atoms with Gasteiger partial charge in [0.05, 0.1) is 11.2 Å². The molecule has 2 atom stereocenters. The first-order chi connectivity index (χ1) is 14.2. The third-order valence-corrected chi connectivity index (χ3v) is 6.26. The lowest BCUT2D eigenvalue weighted by Crippen LogP contribution is -2.56. The second-order valence-electron chi connectivity index (χ2n) is 8.30. The number of carbonyl (C=O) groups is 1. The summed E-state index contributed by atoms with van der Waals surface area (Å²) in [7, 11) is 0. The minimum Gasteiger partial charge on any atom is -0.306 e. The van der Waals surface area contributed by atoms with E-state index >= 15 is 0 Å². The third kappa shape index (κ3) is 4.08. The van der Waals surface area contributed by atoms with Crippen molar-refractivity contribution in [1.82, 2.24) is 14.7 Å². The average molecular weight is 424 g/mol. The summed E-state index contributed by atoms with van der Waals surface area (Å²) in [6.45, 7) is 1.92. The SMILES string of the molecule is C[C@@H]1C[C@]2(CCC(=O)N2c2cccc(F)c2)CCN1Cc1ccnn1CC(F)(F)F. The van der Waals surface area contributed by atoms with Gasteiger partial charge < -0.3 is 4.90 Å². The third-order valence-electron chi connectivity index (χ3n) is 6.26. The number of piperidine rings is 1. The van der Waals surface area contributed by atoms with E-state index < -0.39 is 12.7 Å². The van der Waals surface area contributed by atoms with Crippen LogP contribution >= 0.6 is 0 Å². The van der Waals surface area contributed by atoms with E-state index in [2.05, 4.69) is 10.00 Å². The van der Waals surface area contributed by atoms with E-state index in [4.69, 9.17) is 0 Å². The van der Waals surface area contributed by atoms with Crippen molar-refractivity contribution in [1.29, 1.82) is 0 Å². The number of rotatable bonds is 4. The van der Waals surface area contributed by atoms with E-state index in [1.54, 1.807) is 23.1 Å². The first-order valence-corrected chi connectivity index (χ1v) is 10.1. The summed E-state index contributed by atoms with van der Waals surface area (Å²) < 4.78 is 53.1. The normalized spacial score (nSPS) is 25.4. The van der Waals surface area contributed by atoms with E-state index in [0.29, 0.717) is 50.2 Å². The lowest BCUT2D eigenvalue weighted by molar-refractivity contribution is -0.143. The topological polar surface area (TPSA) is 41.4 Å². The van der Waals surface area contributed by atoms with Crippen LogP contribution in [0.15, 0.2) is 36.5 Å². The largest absolute Gasteiger partial charge is 0.408 e. The molecule has 0 saturated carbocycles. The number of halogens is 4. The molecule has 1 spiro atoms. The highest BCUT2D eigenvalue weighted by Crippen LogP contribution is 2.44. The first kappa shape index (κ1) is 20.8. The Kier molecular flexibility index (Phi) is 5.34. The fraction of sp³-hybridized carbons (Fsp3) is 0.524. The summed E-state index contributed by atoms with van der Waals surface area (Å²) in [6, 6.07) is 7.76. The number of aromatic nitrogens is 2. The molecule has 0 bridgehead atoms. The quantitative estimate of drug-likeness (QED) is 0.693. The van der Waals surface area contributed by atoms with Gasteiger partial charge in [-0.3, -0.25) is 14.4 Å². The zero-order valence-corrected chi connectivity index (χ0v) is 16.7. The first-order valence-electron chi connectivity index (χ1n) is 10.1. The highest BCUT2D eigenvalue weighted by Gasteiger charge is 2.49. The van der Waals surface area contributed by atoms with Crippen molar-refractivity contribution in [2.24, 2.45) is 0 Å². The van der Waals surface area contributed by atoms with Crippen LogP contribution in [0, 0.1) is 5.82 Å². The zero-order valence-electron chi connectivity index (χ0n) is 16.7. The highest BCUT2D eigenvalue weighted by atomic mass is 19.4. The van der Waals surface area contributed by atoms with Crippen molar-refractivity contribution in [3.8, 4) is 0 Å². The minimum absolute atomic E-state index is 0.00972. The Morgan fingerprint density at radius 1 is 1.23 bits per heavy atom. The monoisotopic (exact) mass is 424 g/mol. The number of nitrogens with zero attached hydrogens (tertiary/aromatic N) is 4. The maximum Gasteiger partial charge on any atom is 0.408 e. The van der Waals surface area contributed by atoms with Gasteiger partial charge in [0.25, 0.3) is 0 Å². The molecular weight excluding hydrogens is 400 g/mol. The van der Waals surface area contributed by atoms with Crippen LogP contribution in [0.1, 0.15) is 38.3 Å². The van der Waals surface area contributed by atoms with Crippen LogP contribution in [0.5, 0.6) is 0 Å². The van der Waals surface area contributed by atoms with Crippen LogP contribution in [-0.2, 0) is 17.9 Å². The minimum atomic E-state index is -4.33. The van der Waals surface area contributed by atoms with Crippen molar-refractivity contribution >= 4 is 11.6 Å². The van der Waals surface area contributed by atoms with Crippen LogP contribution in [0.2, 0.25) is 0 Å². The Morgan fingerprint density at radius 2 is 2.03 bits per heavy atom. The molecule has 0 unspecified atom stereocenters. The molecule has 4 rings (SSSR count). The summed E-state index contributed by atoms with van der Waals surface area (Å²) >= 11 is 0. The Hall–Kier alpha value is -2.42. The van der Waals surface area contributed by atoms with Gasteiger partial charge in [-0.15, -0.1) is 0 Å². The van der Waals surface area contributed by atoms with Gasteiger partial charge in [0, 0.05) is 37.4 Å². The summed E-state index contributed by atoms with van der Waals surface area (Å²) in [4.78, 5) is 16.5. The zero-order chi connectivity index (χ0) is 21.5. The number of carbonyl (C=O) groups excluding carboxylic acids is 1. The molecular formula is C21H24F4N4O. The molecule has 3 heterocycles. The molecule has 1 aromatic carbocycles. The van der Waals surface area contributed by atoms with Gasteiger partial charge in [0.1, 0.15) is 12.4 Å². The maximum atomic E-state index is 13.8. The van der Waals surface area contributed by atoms with Crippen molar-refractivity contribution in [2.75, 3.05) is 11.4 Å². The fourth-order valence-electron chi connectivity index (χ4n) is 4.89. The summed E-state index contributed by atoms with van der Waals surface area (Å²) in [6.07, 6.45) is -0.448. The highest BCUT2D eigenvalue weighted by molar-refractivity contribution is 5.97. The number of anilines is 1. The van der Waals surface area contributed by atoms with E-state index in [0.717, 1.165) is 4.68 Å². The molecule has 5 nitrogen and oxygen atoms in total. The molecule has 2 aliphatic rings. The van der Waals surface area contributed by atoms with Gasteiger partial charge in [-0.1, -0.05) is 6.07 Å². The number of hydrogen-bond donors (Lipinski definition) is 0. The predicted octanol–water partition coefficient (Wildman–Crippen LogP) is 4.13. The molecule has 2 aromatic rings. The number of amides is 1. The van der Waals surface area contributed by atoms with Crippen LogP contribution in [0.3, 0.4) is 0 Å². The van der Waals surface area contributed by atoms with Crippen LogP contribution < -0.4 is 4.90 Å². The Labute approximate surface area is 172 Å². The number of hydrogen-bond acceptors (Lipinski definition) is 3. The smallest absolute Gasteiger partial charge is 0.306 e. The number of likely N-dealkylation sites (tertiary alicyclic amines) is 1. The number of benzene rings is 1. The second-order valence-corrected chi connectivity index (χ2v) is 8.30. The predicted molar refractivity (Wildman–Crippen MR) is 103 cm³/mol. The van der Waals surface area contributed by atoms with E-state index in [1.165, 1.54) is 18.3 Å². The molecule has 9 heteroatoms. The molecule has 1 amide bonds. The summed E-state index contributed by atoms with van der Waals surface area (Å²) in [5, 5.41) is 3.81. The fourth-order valence-corrected chi connectivity index (χ4v) is 4.89. The van der Waals surface area contributed by atoms with Gasteiger partial charge in [0.15, 0.2) is 0 Å². The Morgan fingerprint density at radius 3 is 2.73 bits per heavy atom. The molecule has 2 aliphatic heterocycles. The van der Waals surface area contributed by atoms with Crippen LogP contribution in [0.25, 0.3) is 0 Å². The van der Waals surface area contributed by atoms with Crippen molar-refractivity contribution in [2.45, 2.75) is 63.5 Å². The van der Waals surface area contributed by atoms with E-state index in [1.807, 2.05) is 6.92 Å². The second kappa shape index (κ2) is 7.68. The Balaban J connectivity index is 1.50. The molecule has 0 aliphatic carbocycles. The lowest BCUT2D eigenvalue weighted by Gasteiger charge is -2.48. The van der Waals surface area contributed by atoms with Crippen molar-refractivity contribution in [3.63, 3.8) is 0 Å². The molecule has 0 N–H and O–H groups in total. The van der Waals surface area contributed by atoms with Crippen LogP contribution in [0.4, 0.5) is 23.2 Å². The standard InChI is InChI=1S/C21H24F4N4O/c1-15-12-20(7-5-19(30)29(20)17-4-2-3-16(22)11-17)8-10-27(15)13-18-6-9-26-28(18)14-21(23,24)25/h2-4,6,9,11,15H,5,7-8,10,12-14H2,1H3/t15-,20+/m1/s1. The number of alkyl halides is 3. The maximum absolute atomic E-state index is 13.8. The average Bonchev–Trinajstić information content (AvgIpc) is 3.20. The van der Waals surface area contributed by atoms with Gasteiger partial charge in [-0.2, -0.15) is 18.3 Å². The summed E-state index contributed by atoms with van der Waals surface area (Å²) in [5.74, 6) is -0.393. The summed E-state index contributed by atoms with van der Waals surface area (Å²) in [5.41, 5.74) is 0.702. The molecule has 162 valence electrons. The molecule has 1 aromatic heterocycles. The van der Waals surface area contributed by atoms with E-state index in [9.17, 15) is 22.4 Å². The van der Waals surface area contributed by atoms with Gasteiger partial charge in [-0.05, 0) is 50.5 Å².